The number of hydrogen-bond acceptors (Lipinski definition) is 8. The molecule has 0 amide bonds. The second-order valence-electron chi connectivity index (χ2n) is 5.79. The Hall–Kier alpha value is -2.77. The van der Waals surface area contributed by atoms with Crippen LogP contribution >= 0.6 is 0 Å². The Balaban J connectivity index is 6.47. The molecule has 0 rings (SSSR count). The minimum absolute atomic E-state index is 0.919. The van der Waals surface area contributed by atoms with E-state index in [0.29, 0.717) is 0 Å². The zero-order valence-electron chi connectivity index (χ0n) is 13.5. The van der Waals surface area contributed by atoms with Crippen molar-refractivity contribution in [1.29, 1.82) is 0 Å². The summed E-state index contributed by atoms with van der Waals surface area (Å²) in [4.78, 5) is 55.6. The molecule has 0 aliphatic carbocycles. The predicted octanol–water partition coefficient (Wildman–Crippen LogP) is -2.68. The number of rotatable bonds is 13. The highest BCUT2D eigenvalue weighted by atomic mass is 16.4. The first-order valence-electron chi connectivity index (χ1n) is 7.14. The van der Waals surface area contributed by atoms with Gasteiger partial charge in [0.2, 0.25) is 0 Å². The molecule has 13 heteroatoms. The Morgan fingerprint density at radius 1 is 0.769 bits per heavy atom. The highest BCUT2D eigenvalue weighted by molar-refractivity contribution is 5.77. The molecule has 2 atom stereocenters. The van der Waals surface area contributed by atoms with Crippen molar-refractivity contribution in [3.05, 3.63) is 0 Å². The summed E-state index contributed by atoms with van der Waals surface area (Å²) < 4.78 is 0. The van der Waals surface area contributed by atoms with E-state index in [4.69, 9.17) is 31.9 Å². The summed E-state index contributed by atoms with van der Waals surface area (Å²) >= 11 is 0. The minimum Gasteiger partial charge on any atom is -0.481 e. The SMILES string of the molecule is NC(CC(=O)O)C(CC(=O)O)(NCC(=O)O)C(N)(CC(=O)O)CC(=O)O. The lowest BCUT2D eigenvalue weighted by atomic mass is 9.66. The standard InChI is InChI=1S/C13H21N3O10/c14-6(1-7(17)18)13(4-10(23)24,16-5-11(25)26)12(15,2-8(19)20)3-9(21)22/h6,16H,1-5,14-15H2,(H,17,18)(H,19,20)(H,21,22)(H,23,24)(H,25,26). The molecule has 148 valence electrons. The molecule has 0 aliphatic heterocycles. The molecule has 0 aromatic rings. The fraction of sp³-hybridized carbons (Fsp3) is 0.615. The Labute approximate surface area is 146 Å². The van der Waals surface area contributed by atoms with Crippen LogP contribution in [0.2, 0.25) is 0 Å². The molecule has 26 heavy (non-hydrogen) atoms. The maximum Gasteiger partial charge on any atom is 0.317 e. The van der Waals surface area contributed by atoms with Crippen molar-refractivity contribution in [1.82, 2.24) is 5.32 Å². The van der Waals surface area contributed by atoms with Gasteiger partial charge in [-0.15, -0.1) is 0 Å². The van der Waals surface area contributed by atoms with E-state index in [-0.39, 0.29) is 0 Å². The van der Waals surface area contributed by atoms with Crippen LogP contribution in [0.5, 0.6) is 0 Å². The van der Waals surface area contributed by atoms with E-state index in [1.165, 1.54) is 0 Å². The van der Waals surface area contributed by atoms with Crippen LogP contribution < -0.4 is 16.8 Å². The molecule has 0 heterocycles. The fourth-order valence-electron chi connectivity index (χ4n) is 2.80. The Kier molecular flexibility index (Phi) is 8.11. The van der Waals surface area contributed by atoms with Gasteiger partial charge in [-0.2, -0.15) is 0 Å². The molecule has 0 spiro atoms. The summed E-state index contributed by atoms with van der Waals surface area (Å²) in [6.07, 6.45) is -4.23. The summed E-state index contributed by atoms with van der Waals surface area (Å²) in [5, 5.41) is 47.4. The average Bonchev–Trinajstić information content (AvgIpc) is 2.39. The third kappa shape index (κ3) is 6.27. The van der Waals surface area contributed by atoms with E-state index in [1.807, 2.05) is 0 Å². The molecule has 0 saturated carbocycles. The molecular formula is C13H21N3O10. The smallest absolute Gasteiger partial charge is 0.317 e. The molecular weight excluding hydrogens is 358 g/mol. The Morgan fingerprint density at radius 2 is 1.19 bits per heavy atom. The topological polar surface area (TPSA) is 251 Å². The van der Waals surface area contributed by atoms with Gasteiger partial charge in [-0.1, -0.05) is 0 Å². The highest BCUT2D eigenvalue weighted by Gasteiger charge is 2.56. The van der Waals surface area contributed by atoms with Crippen LogP contribution in [0.3, 0.4) is 0 Å². The number of carboxylic acid groups (broad SMARTS) is 5. The fourth-order valence-corrected chi connectivity index (χ4v) is 2.80. The molecule has 10 N–H and O–H groups in total. The van der Waals surface area contributed by atoms with Gasteiger partial charge in [0.25, 0.3) is 0 Å². The van der Waals surface area contributed by atoms with Crippen LogP contribution in [0, 0.1) is 0 Å². The number of hydrogen-bond donors (Lipinski definition) is 8. The van der Waals surface area contributed by atoms with Gasteiger partial charge in [0, 0.05) is 6.04 Å². The van der Waals surface area contributed by atoms with E-state index < -0.39 is 79.2 Å². The van der Waals surface area contributed by atoms with Crippen molar-refractivity contribution >= 4 is 29.8 Å². The maximum atomic E-state index is 11.3. The highest BCUT2D eigenvalue weighted by Crippen LogP contribution is 2.34. The first-order valence-corrected chi connectivity index (χ1v) is 7.14. The lowest BCUT2D eigenvalue weighted by Gasteiger charge is -2.50. The minimum atomic E-state index is -2.41. The van der Waals surface area contributed by atoms with E-state index in [1.54, 1.807) is 0 Å². The molecule has 0 radical (unpaired) electrons. The number of carbonyl (C=O) groups is 5. The Bertz CT molecular complexity index is 577. The van der Waals surface area contributed by atoms with Crippen molar-refractivity contribution in [2.75, 3.05) is 6.54 Å². The number of nitrogens with two attached hydrogens (primary N) is 2. The lowest BCUT2D eigenvalue weighted by Crippen LogP contribution is -2.77. The van der Waals surface area contributed by atoms with Crippen molar-refractivity contribution in [3.8, 4) is 0 Å². The molecule has 13 nitrogen and oxygen atoms in total. The van der Waals surface area contributed by atoms with Crippen LogP contribution in [0.15, 0.2) is 0 Å². The quantitative estimate of drug-likeness (QED) is 0.162. The van der Waals surface area contributed by atoms with Gasteiger partial charge in [-0.3, -0.25) is 29.3 Å². The number of nitrogens with one attached hydrogen (secondary N) is 1. The van der Waals surface area contributed by atoms with E-state index in [0.717, 1.165) is 0 Å². The van der Waals surface area contributed by atoms with Crippen LogP contribution in [0.25, 0.3) is 0 Å². The number of carboxylic acids is 5. The normalized spacial score (nSPS) is 14.8. The van der Waals surface area contributed by atoms with Gasteiger partial charge >= 0.3 is 29.8 Å². The molecule has 0 saturated heterocycles. The van der Waals surface area contributed by atoms with E-state index in [9.17, 15) is 29.1 Å². The molecule has 0 fully saturated rings. The maximum absolute atomic E-state index is 11.3. The number of aliphatic carboxylic acids is 5. The third-order valence-corrected chi connectivity index (χ3v) is 3.83. The average molecular weight is 379 g/mol. The van der Waals surface area contributed by atoms with Gasteiger partial charge in [-0.25, -0.2) is 0 Å². The van der Waals surface area contributed by atoms with Crippen LogP contribution in [-0.2, 0) is 24.0 Å². The lowest BCUT2D eigenvalue weighted by molar-refractivity contribution is -0.149. The van der Waals surface area contributed by atoms with Crippen molar-refractivity contribution in [2.45, 2.75) is 42.8 Å². The zero-order valence-corrected chi connectivity index (χ0v) is 13.5. The monoisotopic (exact) mass is 379 g/mol. The van der Waals surface area contributed by atoms with Gasteiger partial charge < -0.3 is 37.0 Å². The van der Waals surface area contributed by atoms with E-state index in [2.05, 4.69) is 5.32 Å². The van der Waals surface area contributed by atoms with Crippen LogP contribution in [0.1, 0.15) is 25.7 Å². The van der Waals surface area contributed by atoms with E-state index >= 15 is 0 Å². The van der Waals surface area contributed by atoms with Crippen LogP contribution in [-0.4, -0.2) is 79.0 Å². The van der Waals surface area contributed by atoms with Gasteiger partial charge in [-0.05, 0) is 0 Å². The van der Waals surface area contributed by atoms with Gasteiger partial charge in [0.05, 0.1) is 43.3 Å². The predicted molar refractivity (Wildman–Crippen MR) is 82.3 cm³/mol. The first kappa shape index (κ1) is 23.2. The molecule has 0 aromatic heterocycles. The van der Waals surface area contributed by atoms with Crippen LogP contribution in [0.4, 0.5) is 0 Å². The molecule has 0 aromatic carbocycles. The van der Waals surface area contributed by atoms with Crippen molar-refractivity contribution < 1.29 is 49.5 Å². The second-order valence-corrected chi connectivity index (χ2v) is 5.79. The van der Waals surface area contributed by atoms with Gasteiger partial charge in [0.15, 0.2) is 0 Å². The third-order valence-electron chi connectivity index (χ3n) is 3.83. The molecule has 0 bridgehead atoms. The summed E-state index contributed by atoms with van der Waals surface area (Å²) in [5.74, 6) is -7.84. The Morgan fingerprint density at radius 3 is 1.50 bits per heavy atom. The summed E-state index contributed by atoms with van der Waals surface area (Å²) in [7, 11) is 0. The van der Waals surface area contributed by atoms with Crippen molar-refractivity contribution in [3.63, 3.8) is 0 Å². The van der Waals surface area contributed by atoms with Gasteiger partial charge in [0.1, 0.15) is 0 Å². The molecule has 2 unspecified atom stereocenters. The zero-order chi connectivity index (χ0) is 20.7. The first-order chi connectivity index (χ1) is 11.8. The molecule has 0 aliphatic rings. The summed E-state index contributed by atoms with van der Waals surface area (Å²) in [6, 6.07) is -1.71. The second kappa shape index (κ2) is 9.07. The van der Waals surface area contributed by atoms with Crippen molar-refractivity contribution in [2.24, 2.45) is 11.5 Å². The largest absolute Gasteiger partial charge is 0.481 e. The summed E-state index contributed by atoms with van der Waals surface area (Å²) in [5.41, 5.74) is 6.93. The summed E-state index contributed by atoms with van der Waals surface area (Å²) in [6.45, 7) is -0.960.